The van der Waals surface area contributed by atoms with Crippen LogP contribution in [0.15, 0.2) is 24.3 Å². The van der Waals surface area contributed by atoms with Crippen LogP contribution in [0.5, 0.6) is 11.6 Å². The zero-order valence-corrected chi connectivity index (χ0v) is 12.0. The van der Waals surface area contributed by atoms with E-state index < -0.39 is 0 Å². The molecule has 0 unspecified atom stereocenters. The van der Waals surface area contributed by atoms with Gasteiger partial charge in [0.1, 0.15) is 17.4 Å². The van der Waals surface area contributed by atoms with E-state index in [1.54, 1.807) is 0 Å². The van der Waals surface area contributed by atoms with Gasteiger partial charge in [0.2, 0.25) is 5.88 Å². The van der Waals surface area contributed by atoms with Crippen molar-refractivity contribution < 1.29 is 9.84 Å². The van der Waals surface area contributed by atoms with Crippen molar-refractivity contribution in [3.63, 3.8) is 0 Å². The van der Waals surface area contributed by atoms with Crippen LogP contribution < -0.4 is 10.1 Å². The SMILES string of the molecule is CCNc1nc(C)nc(Oc2ccc(CO)cc2)c1C. The molecule has 0 bridgehead atoms. The molecule has 0 atom stereocenters. The molecule has 106 valence electrons. The molecule has 1 aromatic heterocycles. The second-order valence-corrected chi connectivity index (χ2v) is 4.48. The van der Waals surface area contributed by atoms with Crippen molar-refractivity contribution in [2.75, 3.05) is 11.9 Å². The molecule has 0 radical (unpaired) electrons. The third-order valence-corrected chi connectivity index (χ3v) is 2.88. The molecule has 2 N–H and O–H groups in total. The van der Waals surface area contributed by atoms with Gasteiger partial charge >= 0.3 is 0 Å². The zero-order valence-electron chi connectivity index (χ0n) is 12.0. The first-order valence-corrected chi connectivity index (χ1v) is 6.60. The summed E-state index contributed by atoms with van der Waals surface area (Å²) in [6.45, 7) is 6.60. The third-order valence-electron chi connectivity index (χ3n) is 2.88. The number of aliphatic hydroxyl groups excluding tert-OH is 1. The molecule has 0 saturated heterocycles. The molecule has 0 spiro atoms. The van der Waals surface area contributed by atoms with E-state index in [1.807, 2.05) is 45.0 Å². The number of benzene rings is 1. The molecule has 2 rings (SSSR count). The van der Waals surface area contributed by atoms with Crippen LogP contribution in [0.3, 0.4) is 0 Å². The third kappa shape index (κ3) is 3.24. The van der Waals surface area contributed by atoms with E-state index in [9.17, 15) is 0 Å². The Morgan fingerprint density at radius 2 is 1.85 bits per heavy atom. The van der Waals surface area contributed by atoms with Gasteiger partial charge in [-0.25, -0.2) is 4.98 Å². The Morgan fingerprint density at radius 3 is 2.45 bits per heavy atom. The molecule has 5 nitrogen and oxygen atoms in total. The molecule has 1 heterocycles. The minimum absolute atomic E-state index is 0.0243. The van der Waals surface area contributed by atoms with Gasteiger partial charge in [0.25, 0.3) is 0 Å². The number of ether oxygens (including phenoxy) is 1. The lowest BCUT2D eigenvalue weighted by atomic mass is 10.2. The number of rotatable bonds is 5. The van der Waals surface area contributed by atoms with E-state index in [4.69, 9.17) is 9.84 Å². The monoisotopic (exact) mass is 273 g/mol. The zero-order chi connectivity index (χ0) is 14.5. The van der Waals surface area contributed by atoms with Crippen LogP contribution in [0.1, 0.15) is 23.9 Å². The van der Waals surface area contributed by atoms with E-state index in [2.05, 4.69) is 15.3 Å². The Kier molecular flexibility index (Phi) is 4.53. The minimum atomic E-state index is 0.0243. The molecule has 0 saturated carbocycles. The lowest BCUT2D eigenvalue weighted by molar-refractivity contribution is 0.281. The van der Waals surface area contributed by atoms with Crippen molar-refractivity contribution in [1.82, 2.24) is 9.97 Å². The quantitative estimate of drug-likeness (QED) is 0.876. The maximum atomic E-state index is 9.02. The lowest BCUT2D eigenvalue weighted by Gasteiger charge is -2.12. The highest BCUT2D eigenvalue weighted by Gasteiger charge is 2.10. The summed E-state index contributed by atoms with van der Waals surface area (Å²) in [5.74, 6) is 2.69. The first-order valence-electron chi connectivity index (χ1n) is 6.60. The lowest BCUT2D eigenvalue weighted by Crippen LogP contribution is -2.06. The fraction of sp³-hybridized carbons (Fsp3) is 0.333. The largest absolute Gasteiger partial charge is 0.439 e. The van der Waals surface area contributed by atoms with Gasteiger partial charge in [0, 0.05) is 6.54 Å². The van der Waals surface area contributed by atoms with Crippen LogP contribution in [0.4, 0.5) is 5.82 Å². The highest BCUT2D eigenvalue weighted by atomic mass is 16.5. The number of hydrogen-bond donors (Lipinski definition) is 2. The average molecular weight is 273 g/mol. The fourth-order valence-corrected chi connectivity index (χ4v) is 1.82. The Morgan fingerprint density at radius 1 is 1.15 bits per heavy atom. The van der Waals surface area contributed by atoms with Gasteiger partial charge in [-0.1, -0.05) is 12.1 Å². The van der Waals surface area contributed by atoms with Crippen LogP contribution in [-0.4, -0.2) is 21.6 Å². The molecule has 0 amide bonds. The smallest absolute Gasteiger partial charge is 0.227 e. The summed E-state index contributed by atoms with van der Waals surface area (Å²) in [5, 5.41) is 12.2. The van der Waals surface area contributed by atoms with Crippen LogP contribution in [0, 0.1) is 13.8 Å². The number of aromatic nitrogens is 2. The highest BCUT2D eigenvalue weighted by molar-refractivity contribution is 5.49. The second-order valence-electron chi connectivity index (χ2n) is 4.48. The maximum Gasteiger partial charge on any atom is 0.227 e. The molecule has 0 aliphatic carbocycles. The summed E-state index contributed by atoms with van der Waals surface area (Å²) in [4.78, 5) is 8.69. The number of nitrogens with one attached hydrogen (secondary N) is 1. The van der Waals surface area contributed by atoms with Crippen LogP contribution in [0.2, 0.25) is 0 Å². The van der Waals surface area contributed by atoms with E-state index in [0.717, 1.165) is 23.5 Å². The fourth-order valence-electron chi connectivity index (χ4n) is 1.82. The first-order chi connectivity index (χ1) is 9.63. The summed E-state index contributed by atoms with van der Waals surface area (Å²) in [5.41, 5.74) is 1.73. The van der Waals surface area contributed by atoms with E-state index in [-0.39, 0.29) is 6.61 Å². The van der Waals surface area contributed by atoms with Crippen molar-refractivity contribution in [2.24, 2.45) is 0 Å². The molecule has 0 aliphatic heterocycles. The summed E-state index contributed by atoms with van der Waals surface area (Å²) < 4.78 is 5.80. The van der Waals surface area contributed by atoms with E-state index in [1.165, 1.54) is 0 Å². The van der Waals surface area contributed by atoms with E-state index in [0.29, 0.717) is 17.5 Å². The van der Waals surface area contributed by atoms with Gasteiger partial charge in [-0.05, 0) is 38.5 Å². The molecule has 5 heteroatoms. The maximum absolute atomic E-state index is 9.02. The van der Waals surface area contributed by atoms with Gasteiger partial charge in [-0.15, -0.1) is 0 Å². The average Bonchev–Trinajstić information content (AvgIpc) is 2.45. The summed E-state index contributed by atoms with van der Waals surface area (Å²) >= 11 is 0. The summed E-state index contributed by atoms with van der Waals surface area (Å²) in [6, 6.07) is 7.28. The van der Waals surface area contributed by atoms with Gasteiger partial charge in [0.05, 0.1) is 12.2 Å². The Balaban J connectivity index is 2.27. The van der Waals surface area contributed by atoms with Gasteiger partial charge in [-0.2, -0.15) is 4.98 Å². The molecule has 0 aliphatic rings. The molecule has 1 aromatic carbocycles. The topological polar surface area (TPSA) is 67.3 Å². The van der Waals surface area contributed by atoms with Crippen molar-refractivity contribution in [3.8, 4) is 11.6 Å². The van der Waals surface area contributed by atoms with Gasteiger partial charge < -0.3 is 15.2 Å². The van der Waals surface area contributed by atoms with Crippen LogP contribution in [0.25, 0.3) is 0 Å². The Bertz CT molecular complexity index is 582. The predicted molar refractivity (Wildman–Crippen MR) is 78.1 cm³/mol. The van der Waals surface area contributed by atoms with Crippen LogP contribution >= 0.6 is 0 Å². The number of aliphatic hydroxyl groups is 1. The summed E-state index contributed by atoms with van der Waals surface area (Å²) in [6.07, 6.45) is 0. The van der Waals surface area contributed by atoms with E-state index >= 15 is 0 Å². The molecular weight excluding hydrogens is 254 g/mol. The van der Waals surface area contributed by atoms with Crippen LogP contribution in [-0.2, 0) is 6.61 Å². The highest BCUT2D eigenvalue weighted by Crippen LogP contribution is 2.27. The first kappa shape index (κ1) is 14.3. The molecular formula is C15H19N3O2. The molecule has 0 fully saturated rings. The van der Waals surface area contributed by atoms with Crippen molar-refractivity contribution in [2.45, 2.75) is 27.4 Å². The second kappa shape index (κ2) is 6.34. The Hall–Kier alpha value is -2.14. The normalized spacial score (nSPS) is 10.4. The number of hydrogen-bond acceptors (Lipinski definition) is 5. The number of anilines is 1. The minimum Gasteiger partial charge on any atom is -0.439 e. The van der Waals surface area contributed by atoms with Gasteiger partial charge in [-0.3, -0.25) is 0 Å². The molecule has 2 aromatic rings. The standard InChI is InChI=1S/C15H19N3O2/c1-4-16-14-10(2)15(18-11(3)17-14)20-13-7-5-12(9-19)6-8-13/h5-8,19H,4,9H2,1-3H3,(H,16,17,18). The predicted octanol–water partition coefficient (Wildman–Crippen LogP) is 2.81. The Labute approximate surface area is 118 Å². The number of aryl methyl sites for hydroxylation is 1. The van der Waals surface area contributed by atoms with Gasteiger partial charge in [0.15, 0.2) is 0 Å². The molecule has 20 heavy (non-hydrogen) atoms. The van der Waals surface area contributed by atoms with Crippen molar-refractivity contribution >= 4 is 5.82 Å². The summed E-state index contributed by atoms with van der Waals surface area (Å²) in [7, 11) is 0. The van der Waals surface area contributed by atoms with Crippen molar-refractivity contribution in [1.29, 1.82) is 0 Å². The number of nitrogens with zero attached hydrogens (tertiary/aromatic N) is 2. The van der Waals surface area contributed by atoms with Crippen molar-refractivity contribution in [3.05, 3.63) is 41.2 Å².